The molecule has 1 N–H and O–H groups in total. The molecular weight excluding hydrogens is 236 g/mol. The van der Waals surface area contributed by atoms with Gasteiger partial charge in [0.05, 0.1) is 6.07 Å². The van der Waals surface area contributed by atoms with E-state index < -0.39 is 5.41 Å². The third kappa shape index (κ3) is 2.78. The minimum absolute atomic E-state index is 0.0957. The average Bonchev–Trinajstić information content (AvgIpc) is 2.37. The van der Waals surface area contributed by atoms with Crippen molar-refractivity contribution in [1.29, 1.82) is 5.26 Å². The van der Waals surface area contributed by atoms with Crippen LogP contribution in [-0.4, -0.2) is 12.5 Å². The third-order valence-electron chi connectivity index (χ3n) is 3.98. The molecule has 1 aromatic rings. The van der Waals surface area contributed by atoms with E-state index in [0.29, 0.717) is 25.3 Å². The van der Waals surface area contributed by atoms with Gasteiger partial charge in [0.25, 0.3) is 0 Å². The molecule has 19 heavy (non-hydrogen) atoms. The first-order valence-electron chi connectivity index (χ1n) is 6.81. The van der Waals surface area contributed by atoms with Crippen LogP contribution in [0, 0.1) is 29.6 Å². The van der Waals surface area contributed by atoms with Crippen LogP contribution >= 0.6 is 0 Å². The molecule has 0 unspecified atom stereocenters. The molecule has 0 aliphatic heterocycles. The number of rotatable bonds is 4. The van der Waals surface area contributed by atoms with Gasteiger partial charge < -0.3 is 5.32 Å². The molecule has 100 valence electrons. The van der Waals surface area contributed by atoms with Gasteiger partial charge in [-0.25, -0.2) is 0 Å². The zero-order chi connectivity index (χ0) is 13.9. The number of hydrogen-bond donors (Lipinski definition) is 1. The summed E-state index contributed by atoms with van der Waals surface area (Å²) in [6.45, 7) is 4.75. The van der Waals surface area contributed by atoms with Crippen molar-refractivity contribution in [3.8, 4) is 6.07 Å². The summed E-state index contributed by atoms with van der Waals surface area (Å²) < 4.78 is 0. The van der Waals surface area contributed by atoms with Crippen molar-refractivity contribution in [1.82, 2.24) is 5.32 Å². The maximum atomic E-state index is 12.1. The van der Waals surface area contributed by atoms with E-state index in [4.69, 9.17) is 0 Å². The summed E-state index contributed by atoms with van der Waals surface area (Å²) in [4.78, 5) is 12.1. The number of hydrogen-bond acceptors (Lipinski definition) is 2. The van der Waals surface area contributed by atoms with E-state index in [1.54, 1.807) is 0 Å². The Hall–Kier alpha value is -1.82. The minimum atomic E-state index is -0.759. The Kier molecular flexibility index (Phi) is 3.90. The maximum Gasteiger partial charge on any atom is 0.240 e. The molecule has 1 aliphatic rings. The van der Waals surface area contributed by atoms with Gasteiger partial charge in [0, 0.05) is 6.54 Å². The third-order valence-corrected chi connectivity index (χ3v) is 3.98. The van der Waals surface area contributed by atoms with E-state index in [1.807, 2.05) is 12.1 Å². The first-order valence-corrected chi connectivity index (χ1v) is 6.81. The zero-order valence-corrected chi connectivity index (χ0v) is 11.6. The van der Waals surface area contributed by atoms with Crippen LogP contribution in [0.15, 0.2) is 24.3 Å². The number of aryl methyl sites for hydroxylation is 1. The quantitative estimate of drug-likeness (QED) is 0.900. The van der Waals surface area contributed by atoms with Gasteiger partial charge in [-0.1, -0.05) is 31.2 Å². The summed E-state index contributed by atoms with van der Waals surface area (Å²) >= 11 is 0. The van der Waals surface area contributed by atoms with E-state index in [1.165, 1.54) is 11.1 Å². The van der Waals surface area contributed by atoms with Crippen molar-refractivity contribution < 1.29 is 4.79 Å². The molecule has 1 aliphatic carbocycles. The lowest BCUT2D eigenvalue weighted by molar-refractivity contribution is -0.133. The van der Waals surface area contributed by atoms with Gasteiger partial charge >= 0.3 is 0 Å². The molecule has 0 heterocycles. The van der Waals surface area contributed by atoms with Crippen molar-refractivity contribution in [2.45, 2.75) is 33.1 Å². The predicted molar refractivity (Wildman–Crippen MR) is 74.3 cm³/mol. The fraction of sp³-hybridized carbons (Fsp3) is 0.500. The number of amides is 1. The van der Waals surface area contributed by atoms with Gasteiger partial charge in [0.15, 0.2) is 0 Å². The number of benzene rings is 1. The predicted octanol–water partition coefficient (Wildman–Crippen LogP) is 2.59. The van der Waals surface area contributed by atoms with Crippen LogP contribution in [0.5, 0.6) is 0 Å². The average molecular weight is 256 g/mol. The Morgan fingerprint density at radius 3 is 2.74 bits per heavy atom. The van der Waals surface area contributed by atoms with Crippen molar-refractivity contribution in [2.24, 2.45) is 11.3 Å². The second-order valence-electron chi connectivity index (χ2n) is 5.64. The molecule has 3 nitrogen and oxygen atoms in total. The molecule has 2 rings (SSSR count). The number of nitrogens with zero attached hydrogens (tertiary/aromatic N) is 1. The molecule has 0 spiro atoms. The first kappa shape index (κ1) is 13.6. The van der Waals surface area contributed by atoms with E-state index in [2.05, 4.69) is 37.4 Å². The molecule has 0 bridgehead atoms. The Bertz CT molecular complexity index is 510. The Morgan fingerprint density at radius 2 is 2.16 bits per heavy atom. The molecule has 3 heteroatoms. The van der Waals surface area contributed by atoms with Crippen molar-refractivity contribution in [2.75, 3.05) is 6.54 Å². The maximum absolute atomic E-state index is 12.1. The monoisotopic (exact) mass is 256 g/mol. The highest BCUT2D eigenvalue weighted by Crippen LogP contribution is 2.44. The van der Waals surface area contributed by atoms with Gasteiger partial charge in [-0.2, -0.15) is 5.26 Å². The molecular formula is C16H20N2O. The van der Waals surface area contributed by atoms with E-state index >= 15 is 0 Å². The van der Waals surface area contributed by atoms with Gasteiger partial charge in [0.1, 0.15) is 5.41 Å². The lowest BCUT2D eigenvalue weighted by Crippen LogP contribution is -2.48. The lowest BCUT2D eigenvalue weighted by atomic mass is 9.63. The second-order valence-corrected chi connectivity index (χ2v) is 5.64. The largest absolute Gasteiger partial charge is 0.354 e. The van der Waals surface area contributed by atoms with Crippen LogP contribution in [0.1, 0.15) is 30.9 Å². The molecule has 0 radical (unpaired) electrons. The van der Waals surface area contributed by atoms with Crippen LogP contribution in [0.25, 0.3) is 0 Å². The standard InChI is InChI=1S/C16H20N2O/c1-12-9-16(10-12,11-17)15(19)18-8-7-14-6-4-3-5-13(14)2/h3-6,12H,7-10H2,1-2H3,(H,18,19). The minimum Gasteiger partial charge on any atom is -0.354 e. The molecule has 1 saturated carbocycles. The summed E-state index contributed by atoms with van der Waals surface area (Å²) in [6, 6.07) is 10.4. The zero-order valence-electron chi connectivity index (χ0n) is 11.6. The highest BCUT2D eigenvalue weighted by Gasteiger charge is 2.48. The van der Waals surface area contributed by atoms with E-state index in [0.717, 1.165) is 6.42 Å². The Balaban J connectivity index is 1.85. The number of carbonyl (C=O) groups excluding carboxylic acids is 1. The normalized spacial score (nSPS) is 25.2. The van der Waals surface area contributed by atoms with E-state index in [-0.39, 0.29) is 5.91 Å². The molecule has 0 aromatic heterocycles. The fourth-order valence-electron chi connectivity index (χ4n) is 2.83. The number of nitriles is 1. The fourth-order valence-corrected chi connectivity index (χ4v) is 2.83. The molecule has 0 saturated heterocycles. The molecule has 0 atom stereocenters. The topological polar surface area (TPSA) is 52.9 Å². The first-order chi connectivity index (χ1) is 9.07. The summed E-state index contributed by atoms with van der Waals surface area (Å²) in [5.41, 5.74) is 1.73. The van der Waals surface area contributed by atoms with Crippen molar-refractivity contribution in [3.63, 3.8) is 0 Å². The molecule has 1 fully saturated rings. The van der Waals surface area contributed by atoms with Gasteiger partial charge in [0.2, 0.25) is 5.91 Å². The molecule has 1 amide bonds. The van der Waals surface area contributed by atoms with Gasteiger partial charge in [-0.15, -0.1) is 0 Å². The number of carbonyl (C=O) groups is 1. The second kappa shape index (κ2) is 5.44. The summed E-state index contributed by atoms with van der Waals surface area (Å²) in [5, 5.41) is 12.1. The summed E-state index contributed by atoms with van der Waals surface area (Å²) in [7, 11) is 0. The van der Waals surface area contributed by atoms with Gasteiger partial charge in [-0.05, 0) is 43.2 Å². The smallest absolute Gasteiger partial charge is 0.240 e. The van der Waals surface area contributed by atoms with Crippen LogP contribution in [0.4, 0.5) is 0 Å². The number of nitrogens with one attached hydrogen (secondary N) is 1. The van der Waals surface area contributed by atoms with Crippen molar-refractivity contribution >= 4 is 5.91 Å². The SMILES string of the molecule is Cc1ccccc1CCNC(=O)C1(C#N)CC(C)C1. The van der Waals surface area contributed by atoms with Crippen LogP contribution in [0.3, 0.4) is 0 Å². The molecule has 1 aromatic carbocycles. The Morgan fingerprint density at radius 1 is 1.47 bits per heavy atom. The van der Waals surface area contributed by atoms with Crippen LogP contribution in [-0.2, 0) is 11.2 Å². The van der Waals surface area contributed by atoms with Crippen LogP contribution in [0.2, 0.25) is 0 Å². The van der Waals surface area contributed by atoms with Crippen LogP contribution < -0.4 is 5.32 Å². The summed E-state index contributed by atoms with van der Waals surface area (Å²) in [6.07, 6.45) is 2.20. The highest BCUT2D eigenvalue weighted by atomic mass is 16.2. The Labute approximate surface area is 114 Å². The summed E-state index contributed by atoms with van der Waals surface area (Å²) in [5.74, 6) is 0.392. The lowest BCUT2D eigenvalue weighted by Gasteiger charge is -2.39. The van der Waals surface area contributed by atoms with Crippen molar-refractivity contribution in [3.05, 3.63) is 35.4 Å². The van der Waals surface area contributed by atoms with Gasteiger partial charge in [-0.3, -0.25) is 4.79 Å². The van der Waals surface area contributed by atoms with E-state index in [9.17, 15) is 10.1 Å². The highest BCUT2D eigenvalue weighted by molar-refractivity contribution is 5.86.